The van der Waals surface area contributed by atoms with Crippen molar-refractivity contribution in [2.24, 2.45) is 0 Å². The second-order valence-corrected chi connectivity index (χ2v) is 6.89. The maximum atomic E-state index is 11.4. The van der Waals surface area contributed by atoms with E-state index < -0.39 is 22.0 Å². The van der Waals surface area contributed by atoms with Crippen molar-refractivity contribution >= 4 is 22.0 Å². The number of carboxylic acids is 2. The number of aliphatic carboxylic acids is 2. The Balaban J connectivity index is 0.000000379. The second kappa shape index (κ2) is 8.56. The fourth-order valence-electron chi connectivity index (χ4n) is 1.97. The van der Waals surface area contributed by atoms with E-state index in [2.05, 4.69) is 9.88 Å². The Morgan fingerprint density at radius 3 is 1.96 bits per heavy atom. The molecule has 23 heavy (non-hydrogen) atoms. The van der Waals surface area contributed by atoms with Crippen LogP contribution in [0.3, 0.4) is 0 Å². The summed E-state index contributed by atoms with van der Waals surface area (Å²) >= 11 is 0. The third kappa shape index (κ3) is 7.17. The Hall–Kier alpha value is -2.04. The SMILES string of the molecule is CS(=O)(=O)N1CCN(Cc2ccncc2)CC1.O=C(O)C(=O)O. The van der Waals surface area contributed by atoms with Gasteiger partial charge in [0.2, 0.25) is 10.0 Å². The van der Waals surface area contributed by atoms with E-state index in [0.29, 0.717) is 13.1 Å². The fraction of sp³-hybridized carbons (Fsp3) is 0.462. The van der Waals surface area contributed by atoms with E-state index in [4.69, 9.17) is 19.8 Å². The number of hydrogen-bond acceptors (Lipinski definition) is 6. The van der Waals surface area contributed by atoms with Crippen LogP contribution in [0.2, 0.25) is 0 Å². The van der Waals surface area contributed by atoms with Gasteiger partial charge in [-0.3, -0.25) is 9.88 Å². The lowest BCUT2D eigenvalue weighted by Crippen LogP contribution is -2.47. The molecular weight excluding hydrogens is 326 g/mol. The Morgan fingerprint density at radius 2 is 1.57 bits per heavy atom. The van der Waals surface area contributed by atoms with Gasteiger partial charge in [-0.2, -0.15) is 4.31 Å². The molecule has 0 amide bonds. The molecule has 10 heteroatoms. The first kappa shape index (κ1) is 19.0. The van der Waals surface area contributed by atoms with Gasteiger partial charge in [0.1, 0.15) is 0 Å². The van der Waals surface area contributed by atoms with Crippen LogP contribution in [0.4, 0.5) is 0 Å². The molecule has 1 aromatic heterocycles. The first-order chi connectivity index (χ1) is 10.7. The number of piperazine rings is 1. The predicted octanol–water partition coefficient (Wildman–Crippen LogP) is -0.686. The number of aromatic nitrogens is 1. The molecule has 1 aliphatic heterocycles. The summed E-state index contributed by atoms with van der Waals surface area (Å²) in [7, 11) is -3.03. The first-order valence-corrected chi connectivity index (χ1v) is 8.57. The molecule has 1 saturated heterocycles. The molecule has 0 spiro atoms. The highest BCUT2D eigenvalue weighted by molar-refractivity contribution is 7.88. The van der Waals surface area contributed by atoms with Crippen molar-refractivity contribution in [2.75, 3.05) is 32.4 Å². The van der Waals surface area contributed by atoms with Gasteiger partial charge in [0.25, 0.3) is 0 Å². The van der Waals surface area contributed by atoms with Gasteiger partial charge in [0.05, 0.1) is 6.26 Å². The van der Waals surface area contributed by atoms with Gasteiger partial charge in [-0.15, -0.1) is 0 Å². The van der Waals surface area contributed by atoms with E-state index in [1.165, 1.54) is 16.1 Å². The van der Waals surface area contributed by atoms with Crippen molar-refractivity contribution < 1.29 is 28.2 Å². The molecular formula is C13H19N3O6S. The summed E-state index contributed by atoms with van der Waals surface area (Å²) in [5, 5.41) is 14.8. The van der Waals surface area contributed by atoms with Crippen molar-refractivity contribution in [3.05, 3.63) is 30.1 Å². The fourth-order valence-corrected chi connectivity index (χ4v) is 2.79. The molecule has 0 bridgehead atoms. The zero-order valence-corrected chi connectivity index (χ0v) is 13.4. The van der Waals surface area contributed by atoms with Crippen LogP contribution in [-0.2, 0) is 26.2 Å². The zero-order valence-electron chi connectivity index (χ0n) is 12.6. The first-order valence-electron chi connectivity index (χ1n) is 6.72. The zero-order chi connectivity index (χ0) is 17.5. The van der Waals surface area contributed by atoms with Gasteiger partial charge in [-0.05, 0) is 17.7 Å². The Bertz CT molecular complexity index is 614. The summed E-state index contributed by atoms with van der Waals surface area (Å²) in [6, 6.07) is 3.98. The van der Waals surface area contributed by atoms with Gasteiger partial charge in [0.15, 0.2) is 0 Å². The molecule has 2 heterocycles. The summed E-state index contributed by atoms with van der Waals surface area (Å²) in [4.78, 5) is 24.4. The highest BCUT2D eigenvalue weighted by atomic mass is 32.2. The van der Waals surface area contributed by atoms with Crippen LogP contribution in [0.5, 0.6) is 0 Å². The molecule has 1 aliphatic rings. The average Bonchev–Trinajstić information content (AvgIpc) is 2.48. The van der Waals surface area contributed by atoms with Crippen molar-refractivity contribution in [2.45, 2.75) is 6.54 Å². The lowest BCUT2D eigenvalue weighted by Gasteiger charge is -2.33. The number of pyridine rings is 1. The topological polar surface area (TPSA) is 128 Å². The highest BCUT2D eigenvalue weighted by Crippen LogP contribution is 2.09. The number of hydrogen-bond donors (Lipinski definition) is 2. The van der Waals surface area contributed by atoms with Crippen LogP contribution in [0.15, 0.2) is 24.5 Å². The number of carboxylic acid groups (broad SMARTS) is 2. The van der Waals surface area contributed by atoms with E-state index in [1.54, 1.807) is 12.4 Å². The van der Waals surface area contributed by atoms with Crippen LogP contribution >= 0.6 is 0 Å². The number of carbonyl (C=O) groups is 2. The molecule has 0 saturated carbocycles. The molecule has 1 aromatic rings. The lowest BCUT2D eigenvalue weighted by molar-refractivity contribution is -0.159. The molecule has 0 radical (unpaired) electrons. The number of rotatable bonds is 3. The maximum Gasteiger partial charge on any atom is 0.414 e. The molecule has 1 fully saturated rings. The molecule has 0 aromatic carbocycles. The minimum atomic E-state index is -3.03. The quantitative estimate of drug-likeness (QED) is 0.689. The molecule has 0 unspecified atom stereocenters. The highest BCUT2D eigenvalue weighted by Gasteiger charge is 2.23. The third-order valence-electron chi connectivity index (χ3n) is 3.14. The van der Waals surface area contributed by atoms with Crippen molar-refractivity contribution in [3.63, 3.8) is 0 Å². The minimum Gasteiger partial charge on any atom is -0.473 e. The van der Waals surface area contributed by atoms with Gasteiger partial charge in [-0.1, -0.05) is 0 Å². The van der Waals surface area contributed by atoms with Crippen LogP contribution in [0.25, 0.3) is 0 Å². The average molecular weight is 345 g/mol. The maximum absolute atomic E-state index is 11.4. The monoisotopic (exact) mass is 345 g/mol. The van der Waals surface area contributed by atoms with Crippen LogP contribution in [0, 0.1) is 0 Å². The molecule has 2 N–H and O–H groups in total. The van der Waals surface area contributed by atoms with E-state index in [-0.39, 0.29) is 0 Å². The normalized spacial score (nSPS) is 16.2. The van der Waals surface area contributed by atoms with Crippen molar-refractivity contribution in [1.29, 1.82) is 0 Å². The molecule has 0 atom stereocenters. The summed E-state index contributed by atoms with van der Waals surface area (Å²) in [5.41, 5.74) is 1.22. The molecule has 2 rings (SSSR count). The predicted molar refractivity (Wildman–Crippen MR) is 81.2 cm³/mol. The van der Waals surface area contributed by atoms with Gasteiger partial charge < -0.3 is 10.2 Å². The third-order valence-corrected chi connectivity index (χ3v) is 4.44. The van der Waals surface area contributed by atoms with E-state index in [9.17, 15) is 8.42 Å². The van der Waals surface area contributed by atoms with E-state index in [1.807, 2.05) is 12.1 Å². The molecule has 0 aliphatic carbocycles. The van der Waals surface area contributed by atoms with Crippen LogP contribution in [0.1, 0.15) is 5.56 Å². The van der Waals surface area contributed by atoms with Gasteiger partial charge in [0, 0.05) is 45.1 Å². The Labute approximate surface area is 134 Å². The summed E-state index contributed by atoms with van der Waals surface area (Å²) < 4.78 is 24.2. The van der Waals surface area contributed by atoms with Crippen LogP contribution in [-0.4, -0.2) is 77.2 Å². The Kier molecular flexibility index (Phi) is 7.07. The van der Waals surface area contributed by atoms with Crippen LogP contribution < -0.4 is 0 Å². The summed E-state index contributed by atoms with van der Waals surface area (Å²) in [6.07, 6.45) is 4.83. The van der Waals surface area contributed by atoms with E-state index in [0.717, 1.165) is 19.6 Å². The molecule has 9 nitrogen and oxygen atoms in total. The largest absolute Gasteiger partial charge is 0.473 e. The van der Waals surface area contributed by atoms with Gasteiger partial charge in [-0.25, -0.2) is 18.0 Å². The summed E-state index contributed by atoms with van der Waals surface area (Å²) in [5.74, 6) is -3.65. The van der Waals surface area contributed by atoms with Crippen molar-refractivity contribution in [3.8, 4) is 0 Å². The number of sulfonamides is 1. The standard InChI is InChI=1S/C11H17N3O2S.C2H2O4/c1-17(15,16)14-8-6-13(7-9-14)10-11-2-4-12-5-3-11;3-1(4)2(5)6/h2-5H,6-10H2,1H3;(H,3,4)(H,5,6). The van der Waals surface area contributed by atoms with Gasteiger partial charge >= 0.3 is 11.9 Å². The second-order valence-electron chi connectivity index (χ2n) is 4.90. The minimum absolute atomic E-state index is 0.587. The Morgan fingerprint density at radius 1 is 1.09 bits per heavy atom. The number of nitrogens with zero attached hydrogens (tertiary/aromatic N) is 3. The van der Waals surface area contributed by atoms with Crippen molar-refractivity contribution in [1.82, 2.24) is 14.2 Å². The van der Waals surface area contributed by atoms with E-state index >= 15 is 0 Å². The smallest absolute Gasteiger partial charge is 0.414 e. The lowest BCUT2D eigenvalue weighted by atomic mass is 10.2. The summed E-state index contributed by atoms with van der Waals surface area (Å²) in [6.45, 7) is 3.61. The molecule has 128 valence electrons.